The minimum absolute atomic E-state index is 0.0668. The second-order valence-corrected chi connectivity index (χ2v) is 6.51. The zero-order valence-corrected chi connectivity index (χ0v) is 15.8. The summed E-state index contributed by atoms with van der Waals surface area (Å²) in [7, 11) is 1.27. The highest BCUT2D eigenvalue weighted by Gasteiger charge is 2.24. The molecule has 0 spiro atoms. The van der Waals surface area contributed by atoms with Crippen LogP contribution in [0, 0.1) is 5.82 Å². The average molecular weight is 425 g/mol. The predicted molar refractivity (Wildman–Crippen MR) is 98.7 cm³/mol. The Morgan fingerprint density at radius 2 is 1.93 bits per heavy atom. The van der Waals surface area contributed by atoms with Crippen molar-refractivity contribution in [2.24, 2.45) is 0 Å². The van der Waals surface area contributed by atoms with Crippen molar-refractivity contribution in [1.29, 1.82) is 0 Å². The number of alkyl halides is 2. The molecule has 11 heteroatoms. The van der Waals surface area contributed by atoms with Crippen molar-refractivity contribution in [3.8, 4) is 17.1 Å². The average Bonchev–Trinajstić information content (AvgIpc) is 3.15. The third-order valence-corrected chi connectivity index (χ3v) is 3.83. The number of amides is 1. The van der Waals surface area contributed by atoms with E-state index >= 15 is 0 Å². The number of ether oxygens (including phenoxy) is 1. The van der Waals surface area contributed by atoms with Gasteiger partial charge in [-0.3, -0.25) is 4.79 Å². The summed E-state index contributed by atoms with van der Waals surface area (Å²) in [5.41, 5.74) is 0.226. The van der Waals surface area contributed by atoms with Gasteiger partial charge in [0.25, 0.3) is 11.8 Å². The first-order chi connectivity index (χ1) is 13.8. The van der Waals surface area contributed by atoms with E-state index < -0.39 is 30.2 Å². The molecule has 152 valence electrons. The normalized spacial score (nSPS) is 12.4. The van der Waals surface area contributed by atoms with Gasteiger partial charge in [0.1, 0.15) is 17.6 Å². The molecule has 1 heterocycles. The maximum atomic E-state index is 13.7. The van der Waals surface area contributed by atoms with Gasteiger partial charge in [-0.2, -0.15) is 13.8 Å². The summed E-state index contributed by atoms with van der Waals surface area (Å²) >= 11 is 0. The van der Waals surface area contributed by atoms with Crippen LogP contribution in [0.4, 0.5) is 13.2 Å². The molecule has 1 unspecified atom stereocenters. The minimum atomic E-state index is -3.40. The van der Waals surface area contributed by atoms with Gasteiger partial charge in [0, 0.05) is 5.56 Å². The molecule has 3 rings (SSSR count). The Morgan fingerprint density at radius 1 is 1.24 bits per heavy atom. The van der Waals surface area contributed by atoms with E-state index in [1.54, 1.807) is 0 Å². The van der Waals surface area contributed by atoms with Crippen LogP contribution in [-0.2, 0) is 0 Å². The molecule has 2 N–H and O–H groups in total. The Kier molecular flexibility index (Phi) is 6.14. The van der Waals surface area contributed by atoms with E-state index in [9.17, 15) is 23.1 Å². The number of aliphatic hydroxyl groups excluding tert-OH is 1. The summed E-state index contributed by atoms with van der Waals surface area (Å²) in [5.74, 6) is -4.95. The number of nitrogens with zero attached hydrogens (tertiary/aromatic N) is 2. The molecule has 0 radical (unpaired) electrons. The Bertz CT molecular complexity index is 993. The SMILES string of the molecule is O=C(N[C@@H](CO)c1nc(-c2ccc(OC(F)(F)P)cc2)no1)c1ccccc1F. The van der Waals surface area contributed by atoms with Gasteiger partial charge in [0.15, 0.2) is 0 Å². The van der Waals surface area contributed by atoms with Gasteiger partial charge in [0.2, 0.25) is 5.82 Å². The molecule has 7 nitrogen and oxygen atoms in total. The van der Waals surface area contributed by atoms with Crippen LogP contribution in [0.5, 0.6) is 5.75 Å². The van der Waals surface area contributed by atoms with E-state index in [-0.39, 0.29) is 23.0 Å². The maximum Gasteiger partial charge on any atom is 0.408 e. The van der Waals surface area contributed by atoms with Gasteiger partial charge in [-0.05, 0) is 45.6 Å². The van der Waals surface area contributed by atoms with Gasteiger partial charge in [-0.25, -0.2) is 4.39 Å². The third kappa shape index (κ3) is 5.30. The number of carbonyl (C=O) groups is 1. The van der Waals surface area contributed by atoms with Gasteiger partial charge in [-0.1, -0.05) is 17.3 Å². The highest BCUT2D eigenvalue weighted by molar-refractivity contribution is 7.17. The van der Waals surface area contributed by atoms with Gasteiger partial charge in [0.05, 0.1) is 12.2 Å². The molecule has 0 fully saturated rings. The summed E-state index contributed by atoms with van der Waals surface area (Å²) in [6, 6.07) is 9.77. The van der Waals surface area contributed by atoms with E-state index in [1.165, 1.54) is 51.7 Å². The number of rotatable bonds is 7. The molecule has 3 aromatic rings. The van der Waals surface area contributed by atoms with Gasteiger partial charge in [-0.15, -0.1) is 0 Å². The van der Waals surface area contributed by atoms with Gasteiger partial charge < -0.3 is 19.7 Å². The Hall–Kier alpha value is -2.97. The molecule has 0 saturated carbocycles. The molecular formula is C18H15F3N3O4P. The van der Waals surface area contributed by atoms with Crippen LogP contribution in [0.15, 0.2) is 53.1 Å². The molecule has 0 aliphatic carbocycles. The summed E-state index contributed by atoms with van der Waals surface area (Å²) in [6.07, 6.45) is 0. The maximum absolute atomic E-state index is 13.7. The zero-order chi connectivity index (χ0) is 21.0. The quantitative estimate of drug-likeness (QED) is 0.565. The number of nitrogens with one attached hydrogen (secondary N) is 1. The lowest BCUT2D eigenvalue weighted by atomic mass is 10.2. The molecule has 29 heavy (non-hydrogen) atoms. The number of aromatic nitrogens is 2. The van der Waals surface area contributed by atoms with Crippen molar-refractivity contribution in [3.05, 3.63) is 65.8 Å². The zero-order valence-electron chi connectivity index (χ0n) is 14.7. The van der Waals surface area contributed by atoms with E-state index in [1.807, 2.05) is 0 Å². The Labute approximate surface area is 165 Å². The van der Waals surface area contributed by atoms with Crippen LogP contribution in [0.2, 0.25) is 0 Å². The third-order valence-electron chi connectivity index (χ3n) is 3.71. The molecule has 0 aliphatic heterocycles. The number of benzene rings is 2. The second-order valence-electron chi connectivity index (χ2n) is 5.83. The monoisotopic (exact) mass is 425 g/mol. The number of halogens is 3. The topological polar surface area (TPSA) is 97.5 Å². The standard InChI is InChI=1S/C18H15F3N3O4P/c19-13-4-2-1-3-12(13)16(26)22-14(9-25)17-23-15(24-28-17)10-5-7-11(8-6-10)27-18(20,21)29/h1-8,14,25H,9,29H2,(H,22,26)/t14-/m0/s1. The van der Waals surface area contributed by atoms with Crippen molar-refractivity contribution in [1.82, 2.24) is 15.5 Å². The van der Waals surface area contributed by atoms with E-state index in [4.69, 9.17) is 4.52 Å². The number of hydrogen-bond acceptors (Lipinski definition) is 6. The van der Waals surface area contributed by atoms with Crippen LogP contribution in [-0.4, -0.2) is 33.6 Å². The predicted octanol–water partition coefficient (Wildman–Crippen LogP) is 3.14. The fourth-order valence-electron chi connectivity index (χ4n) is 2.39. The van der Waals surface area contributed by atoms with Crippen LogP contribution in [0.3, 0.4) is 0 Å². The van der Waals surface area contributed by atoms with Gasteiger partial charge >= 0.3 is 5.85 Å². The van der Waals surface area contributed by atoms with Crippen molar-refractivity contribution in [2.75, 3.05) is 6.61 Å². The van der Waals surface area contributed by atoms with Crippen LogP contribution >= 0.6 is 9.24 Å². The summed E-state index contributed by atoms with van der Waals surface area (Å²) in [4.78, 5) is 16.3. The fraction of sp³-hybridized carbons (Fsp3) is 0.167. The lowest BCUT2D eigenvalue weighted by molar-refractivity contribution is -0.0892. The lowest BCUT2D eigenvalue weighted by Gasteiger charge is -2.12. The molecule has 2 aromatic carbocycles. The lowest BCUT2D eigenvalue weighted by Crippen LogP contribution is -2.31. The Morgan fingerprint density at radius 3 is 2.55 bits per heavy atom. The molecule has 0 saturated heterocycles. The molecular weight excluding hydrogens is 410 g/mol. The summed E-state index contributed by atoms with van der Waals surface area (Å²) < 4.78 is 48.9. The van der Waals surface area contributed by atoms with Crippen LogP contribution in [0.1, 0.15) is 22.3 Å². The molecule has 1 aromatic heterocycles. The van der Waals surface area contributed by atoms with Crippen LogP contribution < -0.4 is 10.1 Å². The smallest absolute Gasteiger partial charge is 0.408 e. The first-order valence-corrected chi connectivity index (χ1v) is 8.80. The first-order valence-electron chi connectivity index (χ1n) is 8.23. The molecule has 2 atom stereocenters. The van der Waals surface area contributed by atoms with E-state index in [0.29, 0.717) is 5.56 Å². The van der Waals surface area contributed by atoms with E-state index in [2.05, 4.69) is 20.2 Å². The number of aliphatic hydroxyl groups is 1. The number of hydrogen-bond donors (Lipinski definition) is 2. The number of carbonyl (C=O) groups excluding carboxylic acids is 1. The Balaban J connectivity index is 1.74. The van der Waals surface area contributed by atoms with Crippen molar-refractivity contribution >= 4 is 15.1 Å². The summed E-state index contributed by atoms with van der Waals surface area (Å²) in [6.45, 7) is -0.572. The largest absolute Gasteiger partial charge is 0.430 e. The highest BCUT2D eigenvalue weighted by atomic mass is 31.0. The fourth-order valence-corrected chi connectivity index (χ4v) is 2.53. The molecule has 0 aliphatic rings. The minimum Gasteiger partial charge on any atom is -0.430 e. The van der Waals surface area contributed by atoms with Crippen LogP contribution in [0.25, 0.3) is 11.4 Å². The first kappa shape index (κ1) is 20.8. The van der Waals surface area contributed by atoms with E-state index in [0.717, 1.165) is 6.07 Å². The van der Waals surface area contributed by atoms with Crippen molar-refractivity contribution < 1.29 is 32.3 Å². The molecule has 0 bridgehead atoms. The van der Waals surface area contributed by atoms with Crippen molar-refractivity contribution in [2.45, 2.75) is 11.9 Å². The molecule has 1 amide bonds. The van der Waals surface area contributed by atoms with Crippen molar-refractivity contribution in [3.63, 3.8) is 0 Å². The second kappa shape index (κ2) is 8.59. The summed E-state index contributed by atoms with van der Waals surface area (Å²) in [5, 5.41) is 15.7. The highest BCUT2D eigenvalue weighted by Crippen LogP contribution is 2.28.